The number of unbranched alkanes of at least 4 members (excludes halogenated alkanes) is 4. The number of alkyl halides is 2. The quantitative estimate of drug-likeness (QED) is 0.225. The lowest BCUT2D eigenvalue weighted by atomic mass is 9.98. The van der Waals surface area contributed by atoms with Crippen LogP contribution in [0.5, 0.6) is 0 Å². The summed E-state index contributed by atoms with van der Waals surface area (Å²) in [4.78, 5) is 14.6. The third-order valence-corrected chi connectivity index (χ3v) is 5.96. The molecule has 1 amide bonds. The fraction of sp³-hybridized carbons (Fsp3) is 0.652. The Kier molecular flexibility index (Phi) is 11.5. The van der Waals surface area contributed by atoms with E-state index in [0.717, 1.165) is 25.2 Å². The first kappa shape index (κ1) is 24.0. The van der Waals surface area contributed by atoms with E-state index in [0.29, 0.717) is 23.2 Å². The molecular weight excluding hydrogens is 405 g/mol. The lowest BCUT2D eigenvalue weighted by Crippen LogP contribution is -2.27. The predicted molar refractivity (Wildman–Crippen MR) is 126 cm³/mol. The second kappa shape index (κ2) is 13.9. The molecule has 1 aromatic carbocycles. The molecule has 0 unspecified atom stereocenters. The van der Waals surface area contributed by atoms with Crippen LogP contribution in [-0.2, 0) is 0 Å². The number of hydrazone groups is 1. The number of hydrogen-bond acceptors (Lipinski definition) is 3. The Bertz CT molecular complexity index is 628. The number of halogens is 2. The number of carbonyl (C=O) groups excluding carboxylic acids is 1. The van der Waals surface area contributed by atoms with Crippen molar-refractivity contribution in [3.63, 3.8) is 0 Å². The number of nitrogens with zero attached hydrogens (tertiary/aromatic N) is 2. The van der Waals surface area contributed by atoms with Gasteiger partial charge in [-0.25, -0.2) is 5.43 Å². The molecule has 2 rings (SSSR count). The Labute approximate surface area is 186 Å². The first-order valence-electron chi connectivity index (χ1n) is 11.0. The zero-order valence-electron chi connectivity index (χ0n) is 17.6. The minimum Gasteiger partial charge on any atom is -0.369 e. The highest BCUT2D eigenvalue weighted by molar-refractivity contribution is 6.18. The van der Waals surface area contributed by atoms with E-state index < -0.39 is 0 Å². The molecule has 1 saturated carbocycles. The molecule has 0 heterocycles. The zero-order valence-corrected chi connectivity index (χ0v) is 19.1. The monoisotopic (exact) mass is 439 g/mol. The molecule has 1 N–H and O–H groups in total. The third-order valence-electron chi connectivity index (χ3n) is 5.62. The summed E-state index contributed by atoms with van der Waals surface area (Å²) in [5.74, 6) is 1.46. The lowest BCUT2D eigenvalue weighted by Gasteiger charge is -2.22. The summed E-state index contributed by atoms with van der Waals surface area (Å²) in [7, 11) is 0. The number of hydrogen-bond donors (Lipinski definition) is 1. The minimum absolute atomic E-state index is 0.154. The average Bonchev–Trinajstić information content (AvgIpc) is 3.19. The molecule has 1 fully saturated rings. The Morgan fingerprint density at radius 3 is 2.45 bits per heavy atom. The summed E-state index contributed by atoms with van der Waals surface area (Å²) in [6, 6.07) is 7.55. The highest BCUT2D eigenvalue weighted by Gasteiger charge is 2.22. The Hall–Kier alpha value is -1.26. The standard InChI is InChI=1S/C23H35Cl2N3O/c1-2-3-4-5-6-8-19-9-7-10-22(19)26-27-23(29)20-11-13-21(14-12-20)28(17-15-24)18-16-25/h11-14,19H,2-10,15-18H2,1H3,(H,27,29)/b26-22+/t19-/m0/s1. The number of nitrogens with one attached hydrogen (secondary N) is 1. The van der Waals surface area contributed by atoms with Gasteiger partial charge in [-0.1, -0.05) is 39.0 Å². The fourth-order valence-corrected chi connectivity index (χ4v) is 4.35. The smallest absolute Gasteiger partial charge is 0.271 e. The zero-order chi connectivity index (χ0) is 20.9. The van der Waals surface area contributed by atoms with Crippen LogP contribution in [0.4, 0.5) is 5.69 Å². The van der Waals surface area contributed by atoms with Crippen LogP contribution in [0.15, 0.2) is 29.4 Å². The molecule has 1 atom stereocenters. The maximum Gasteiger partial charge on any atom is 0.271 e. The summed E-state index contributed by atoms with van der Waals surface area (Å²) in [5, 5.41) is 4.48. The van der Waals surface area contributed by atoms with Gasteiger partial charge in [-0.15, -0.1) is 23.2 Å². The van der Waals surface area contributed by atoms with Crippen molar-refractivity contribution in [3.05, 3.63) is 29.8 Å². The Morgan fingerprint density at radius 1 is 1.10 bits per heavy atom. The molecule has 0 aromatic heterocycles. The van der Waals surface area contributed by atoms with E-state index >= 15 is 0 Å². The van der Waals surface area contributed by atoms with Gasteiger partial charge < -0.3 is 4.90 Å². The first-order chi connectivity index (χ1) is 14.2. The van der Waals surface area contributed by atoms with Crippen LogP contribution in [0, 0.1) is 5.92 Å². The maximum absolute atomic E-state index is 12.5. The molecule has 0 spiro atoms. The Morgan fingerprint density at radius 2 is 1.79 bits per heavy atom. The van der Waals surface area contributed by atoms with Gasteiger partial charge in [0.1, 0.15) is 0 Å². The van der Waals surface area contributed by atoms with Crippen LogP contribution in [0.3, 0.4) is 0 Å². The number of carbonyl (C=O) groups is 1. The van der Waals surface area contributed by atoms with Crippen molar-refractivity contribution in [2.75, 3.05) is 29.7 Å². The molecule has 29 heavy (non-hydrogen) atoms. The van der Waals surface area contributed by atoms with Crippen molar-refractivity contribution in [1.82, 2.24) is 5.43 Å². The number of anilines is 1. The van der Waals surface area contributed by atoms with Gasteiger partial charge in [0, 0.05) is 41.8 Å². The molecule has 1 aliphatic rings. The predicted octanol–water partition coefficient (Wildman–Crippen LogP) is 6.22. The van der Waals surface area contributed by atoms with Gasteiger partial charge in [0.2, 0.25) is 0 Å². The van der Waals surface area contributed by atoms with Gasteiger partial charge in [0.25, 0.3) is 5.91 Å². The van der Waals surface area contributed by atoms with Crippen molar-refractivity contribution in [2.24, 2.45) is 11.0 Å². The highest BCUT2D eigenvalue weighted by Crippen LogP contribution is 2.27. The van der Waals surface area contributed by atoms with Crippen molar-refractivity contribution in [3.8, 4) is 0 Å². The van der Waals surface area contributed by atoms with Crippen molar-refractivity contribution in [2.45, 2.75) is 64.7 Å². The minimum atomic E-state index is -0.154. The summed E-state index contributed by atoms with van der Waals surface area (Å²) in [5.41, 5.74) is 5.58. The summed E-state index contributed by atoms with van der Waals surface area (Å²) < 4.78 is 0. The SMILES string of the molecule is CCCCCCC[C@H]1CCC/C1=N\NC(=O)c1ccc(N(CCCl)CCCl)cc1. The second-order valence-corrected chi connectivity index (χ2v) is 8.50. The number of amides is 1. The molecule has 162 valence electrons. The average molecular weight is 440 g/mol. The van der Waals surface area contributed by atoms with E-state index in [1.54, 1.807) is 0 Å². The highest BCUT2D eigenvalue weighted by atomic mass is 35.5. The molecule has 0 aliphatic heterocycles. The third kappa shape index (κ3) is 8.18. The largest absolute Gasteiger partial charge is 0.369 e. The molecular formula is C23H35Cl2N3O. The Balaban J connectivity index is 1.87. The van der Waals surface area contributed by atoms with Gasteiger partial charge in [0.15, 0.2) is 0 Å². The molecule has 0 bridgehead atoms. The van der Waals surface area contributed by atoms with Crippen LogP contribution in [0.1, 0.15) is 75.1 Å². The van der Waals surface area contributed by atoms with Crippen LogP contribution in [0.2, 0.25) is 0 Å². The number of rotatable bonds is 13. The molecule has 6 heteroatoms. The fourth-order valence-electron chi connectivity index (χ4n) is 3.94. The molecule has 4 nitrogen and oxygen atoms in total. The topological polar surface area (TPSA) is 44.7 Å². The van der Waals surface area contributed by atoms with Crippen molar-refractivity contribution in [1.29, 1.82) is 0 Å². The lowest BCUT2D eigenvalue weighted by molar-refractivity contribution is 0.0954. The van der Waals surface area contributed by atoms with Crippen LogP contribution in [0.25, 0.3) is 0 Å². The summed E-state index contributed by atoms with van der Waals surface area (Å²) in [6.45, 7) is 3.70. The van der Waals surface area contributed by atoms with Gasteiger partial charge in [0.05, 0.1) is 0 Å². The van der Waals surface area contributed by atoms with E-state index in [1.165, 1.54) is 57.1 Å². The number of benzene rings is 1. The molecule has 0 radical (unpaired) electrons. The van der Waals surface area contributed by atoms with E-state index in [-0.39, 0.29) is 5.91 Å². The first-order valence-corrected chi connectivity index (χ1v) is 12.1. The van der Waals surface area contributed by atoms with E-state index in [1.807, 2.05) is 24.3 Å². The summed E-state index contributed by atoms with van der Waals surface area (Å²) in [6.07, 6.45) is 11.1. The van der Waals surface area contributed by atoms with Gasteiger partial charge >= 0.3 is 0 Å². The van der Waals surface area contributed by atoms with Crippen LogP contribution in [-0.4, -0.2) is 36.5 Å². The molecule has 1 aliphatic carbocycles. The van der Waals surface area contributed by atoms with Gasteiger partial charge in [-0.3, -0.25) is 4.79 Å². The summed E-state index contributed by atoms with van der Waals surface area (Å²) >= 11 is 11.7. The van der Waals surface area contributed by atoms with E-state index in [9.17, 15) is 4.79 Å². The van der Waals surface area contributed by atoms with Crippen LogP contribution >= 0.6 is 23.2 Å². The van der Waals surface area contributed by atoms with E-state index in [4.69, 9.17) is 23.2 Å². The van der Waals surface area contributed by atoms with Gasteiger partial charge in [-0.2, -0.15) is 5.10 Å². The second-order valence-electron chi connectivity index (χ2n) is 7.75. The normalized spacial score (nSPS) is 17.6. The molecule has 0 saturated heterocycles. The van der Waals surface area contributed by atoms with Crippen molar-refractivity contribution < 1.29 is 4.79 Å². The maximum atomic E-state index is 12.5. The molecule has 1 aromatic rings. The van der Waals surface area contributed by atoms with Crippen molar-refractivity contribution >= 4 is 40.5 Å². The van der Waals surface area contributed by atoms with Gasteiger partial charge in [-0.05, 0) is 55.9 Å². The van der Waals surface area contributed by atoms with E-state index in [2.05, 4.69) is 22.4 Å². The van der Waals surface area contributed by atoms with Crippen LogP contribution < -0.4 is 10.3 Å².